The minimum Gasteiger partial charge on any atom is -0.299 e. The zero-order valence-electron chi connectivity index (χ0n) is 8.43. The molecule has 0 spiro atoms. The number of benzene rings is 1. The largest absolute Gasteiger partial charge is 0.299 e. The zero-order chi connectivity index (χ0) is 11.3. The first-order valence-corrected chi connectivity index (χ1v) is 6.35. The monoisotopic (exact) mass is 246 g/mol. The van der Waals surface area contributed by atoms with Crippen LogP contribution in [0.2, 0.25) is 5.02 Å². The Morgan fingerprint density at radius 2 is 2.27 bits per heavy atom. The first-order valence-electron chi connectivity index (χ1n) is 4.58. The Labute approximate surface area is 98.0 Å². The molecule has 1 nitrogen and oxygen atoms in total. The molecule has 0 saturated carbocycles. The summed E-state index contributed by atoms with van der Waals surface area (Å²) in [5.74, 6) is 0.539. The summed E-state index contributed by atoms with van der Waals surface area (Å²) in [4.78, 5) is 11.4. The molecule has 0 heterocycles. The number of hydrogen-bond donors (Lipinski definition) is 0. The van der Waals surface area contributed by atoms with Crippen LogP contribution in [0.1, 0.15) is 12.0 Å². The topological polar surface area (TPSA) is 17.1 Å². The van der Waals surface area contributed by atoms with E-state index in [-0.39, 0.29) is 10.8 Å². The first-order chi connectivity index (χ1) is 7.13. The number of carbonyl (C=O) groups excluding carboxylic acids is 1. The van der Waals surface area contributed by atoms with Crippen molar-refractivity contribution >= 4 is 29.1 Å². The molecular weight excluding hydrogens is 235 g/mol. The standard InChI is InChI=1S/C11H12ClFOS/c1-15-5-4-9(14)6-8-2-3-11(13)10(12)7-8/h2-3,7H,4-6H2,1H3. The van der Waals surface area contributed by atoms with Crippen LogP contribution in [0.15, 0.2) is 18.2 Å². The van der Waals surface area contributed by atoms with E-state index >= 15 is 0 Å². The van der Waals surface area contributed by atoms with Gasteiger partial charge < -0.3 is 0 Å². The number of halogens is 2. The Kier molecular flexibility index (Phi) is 5.12. The van der Waals surface area contributed by atoms with Gasteiger partial charge in [-0.2, -0.15) is 11.8 Å². The number of hydrogen-bond acceptors (Lipinski definition) is 2. The predicted octanol–water partition coefficient (Wildman–Crippen LogP) is 3.34. The van der Waals surface area contributed by atoms with Gasteiger partial charge in [0.15, 0.2) is 0 Å². The summed E-state index contributed by atoms with van der Waals surface area (Å²) in [7, 11) is 0. The summed E-state index contributed by atoms with van der Waals surface area (Å²) in [6.07, 6.45) is 2.85. The maximum Gasteiger partial charge on any atom is 0.141 e. The Bertz CT molecular complexity index is 354. The van der Waals surface area contributed by atoms with Crippen molar-refractivity contribution < 1.29 is 9.18 Å². The van der Waals surface area contributed by atoms with Crippen molar-refractivity contribution in [1.82, 2.24) is 0 Å². The van der Waals surface area contributed by atoms with Gasteiger partial charge in [-0.05, 0) is 29.7 Å². The second kappa shape index (κ2) is 6.13. The van der Waals surface area contributed by atoms with Gasteiger partial charge in [-0.15, -0.1) is 0 Å². The molecule has 0 saturated heterocycles. The SMILES string of the molecule is CSCCC(=O)Cc1ccc(F)c(Cl)c1. The molecule has 0 atom stereocenters. The molecule has 0 aliphatic heterocycles. The lowest BCUT2D eigenvalue weighted by molar-refractivity contribution is -0.118. The third kappa shape index (κ3) is 4.22. The molecule has 4 heteroatoms. The molecule has 1 aromatic carbocycles. The molecule has 0 bridgehead atoms. The van der Waals surface area contributed by atoms with Crippen LogP contribution in [0.3, 0.4) is 0 Å². The lowest BCUT2D eigenvalue weighted by atomic mass is 10.1. The van der Waals surface area contributed by atoms with Crippen molar-refractivity contribution in [1.29, 1.82) is 0 Å². The van der Waals surface area contributed by atoms with Crippen molar-refractivity contribution in [3.05, 3.63) is 34.6 Å². The summed E-state index contributed by atoms with van der Waals surface area (Å²) in [6, 6.07) is 4.39. The van der Waals surface area contributed by atoms with E-state index in [9.17, 15) is 9.18 Å². The minimum atomic E-state index is -0.447. The zero-order valence-corrected chi connectivity index (χ0v) is 10.00. The number of ketones is 1. The van der Waals surface area contributed by atoms with Crippen molar-refractivity contribution in [3.63, 3.8) is 0 Å². The Morgan fingerprint density at radius 3 is 2.87 bits per heavy atom. The van der Waals surface area contributed by atoms with Gasteiger partial charge in [0.05, 0.1) is 5.02 Å². The number of rotatable bonds is 5. The fourth-order valence-corrected chi connectivity index (χ4v) is 1.82. The van der Waals surface area contributed by atoms with Gasteiger partial charge >= 0.3 is 0 Å². The molecule has 15 heavy (non-hydrogen) atoms. The predicted molar refractivity (Wildman–Crippen MR) is 63.1 cm³/mol. The van der Waals surface area contributed by atoms with Crippen LogP contribution < -0.4 is 0 Å². The summed E-state index contributed by atoms with van der Waals surface area (Å²) < 4.78 is 12.8. The fraction of sp³-hybridized carbons (Fsp3) is 0.364. The Balaban J connectivity index is 2.57. The van der Waals surface area contributed by atoms with Crippen molar-refractivity contribution in [2.75, 3.05) is 12.0 Å². The fourth-order valence-electron chi connectivity index (χ4n) is 1.18. The highest BCUT2D eigenvalue weighted by molar-refractivity contribution is 7.98. The number of Topliss-reactive ketones (excluding diaryl/α,β-unsaturated/α-hetero) is 1. The molecule has 0 aliphatic carbocycles. The molecule has 0 fully saturated rings. The smallest absolute Gasteiger partial charge is 0.141 e. The van der Waals surface area contributed by atoms with E-state index in [0.717, 1.165) is 11.3 Å². The summed E-state index contributed by atoms with van der Waals surface area (Å²) in [5, 5.41) is 0.0742. The van der Waals surface area contributed by atoms with E-state index < -0.39 is 5.82 Å². The molecule has 0 unspecified atom stereocenters. The molecule has 0 amide bonds. The van der Waals surface area contributed by atoms with E-state index in [1.165, 1.54) is 12.1 Å². The van der Waals surface area contributed by atoms with Crippen LogP contribution in [0.25, 0.3) is 0 Å². The van der Waals surface area contributed by atoms with Crippen molar-refractivity contribution in [3.8, 4) is 0 Å². The highest BCUT2D eigenvalue weighted by Crippen LogP contribution is 2.16. The van der Waals surface area contributed by atoms with Gasteiger partial charge in [0, 0.05) is 12.8 Å². The Hall–Kier alpha value is -0.540. The van der Waals surface area contributed by atoms with Gasteiger partial charge in [0.25, 0.3) is 0 Å². The summed E-state index contributed by atoms with van der Waals surface area (Å²) in [6.45, 7) is 0. The van der Waals surface area contributed by atoms with E-state index in [0.29, 0.717) is 12.8 Å². The van der Waals surface area contributed by atoms with Crippen LogP contribution in [-0.4, -0.2) is 17.8 Å². The molecule has 0 N–H and O–H groups in total. The molecule has 0 radical (unpaired) electrons. The molecule has 1 aromatic rings. The van der Waals surface area contributed by atoms with E-state index in [4.69, 9.17) is 11.6 Å². The van der Waals surface area contributed by atoms with Gasteiger partial charge in [0.1, 0.15) is 11.6 Å². The lowest BCUT2D eigenvalue weighted by Crippen LogP contribution is -2.03. The number of thioether (sulfide) groups is 1. The van der Waals surface area contributed by atoms with Gasteiger partial charge in [-0.25, -0.2) is 4.39 Å². The van der Waals surface area contributed by atoms with Crippen molar-refractivity contribution in [2.24, 2.45) is 0 Å². The lowest BCUT2D eigenvalue weighted by Gasteiger charge is -2.01. The average molecular weight is 247 g/mol. The molecule has 82 valence electrons. The van der Waals surface area contributed by atoms with Crippen LogP contribution in [0.4, 0.5) is 4.39 Å². The summed E-state index contributed by atoms with van der Waals surface area (Å²) in [5.41, 5.74) is 0.771. The van der Waals surface area contributed by atoms with Crippen LogP contribution >= 0.6 is 23.4 Å². The number of carbonyl (C=O) groups is 1. The molecule has 0 aliphatic rings. The second-order valence-electron chi connectivity index (χ2n) is 3.21. The quantitative estimate of drug-likeness (QED) is 0.793. The summed E-state index contributed by atoms with van der Waals surface area (Å²) >= 11 is 7.25. The van der Waals surface area contributed by atoms with Gasteiger partial charge in [-0.1, -0.05) is 17.7 Å². The second-order valence-corrected chi connectivity index (χ2v) is 4.60. The first kappa shape index (κ1) is 12.5. The third-order valence-electron chi connectivity index (χ3n) is 1.97. The van der Waals surface area contributed by atoms with E-state index in [2.05, 4.69) is 0 Å². The Morgan fingerprint density at radius 1 is 1.53 bits per heavy atom. The van der Waals surface area contributed by atoms with Gasteiger partial charge in [0.2, 0.25) is 0 Å². The normalized spacial score (nSPS) is 10.3. The average Bonchev–Trinajstić information content (AvgIpc) is 2.20. The maximum absolute atomic E-state index is 12.8. The van der Waals surface area contributed by atoms with Crippen LogP contribution in [0, 0.1) is 5.82 Å². The van der Waals surface area contributed by atoms with Crippen LogP contribution in [-0.2, 0) is 11.2 Å². The highest BCUT2D eigenvalue weighted by Gasteiger charge is 2.05. The third-order valence-corrected chi connectivity index (χ3v) is 2.87. The van der Waals surface area contributed by atoms with Crippen LogP contribution in [0.5, 0.6) is 0 Å². The van der Waals surface area contributed by atoms with E-state index in [1.807, 2.05) is 6.26 Å². The highest BCUT2D eigenvalue weighted by atomic mass is 35.5. The van der Waals surface area contributed by atoms with Crippen molar-refractivity contribution in [2.45, 2.75) is 12.8 Å². The molecular formula is C11H12ClFOS. The van der Waals surface area contributed by atoms with Gasteiger partial charge in [-0.3, -0.25) is 4.79 Å². The minimum absolute atomic E-state index is 0.0742. The van der Waals surface area contributed by atoms with E-state index in [1.54, 1.807) is 17.8 Å². The molecule has 0 aromatic heterocycles. The molecule has 1 rings (SSSR count). The maximum atomic E-state index is 12.8.